The molecule has 0 saturated carbocycles. The van der Waals surface area contributed by atoms with Crippen LogP contribution < -0.4 is 9.47 Å². The number of hydrogen-bond acceptors (Lipinski definition) is 6. The minimum atomic E-state index is -3.01. The first-order valence-corrected chi connectivity index (χ1v) is 7.30. The van der Waals surface area contributed by atoms with Crippen molar-refractivity contribution < 1.29 is 31.6 Å². The Bertz CT molecular complexity index is 890. The topological polar surface area (TPSA) is 70.3 Å². The summed E-state index contributed by atoms with van der Waals surface area (Å²) in [7, 11) is 0. The van der Waals surface area contributed by atoms with Gasteiger partial charge in [-0.2, -0.15) is 18.7 Å². The first kappa shape index (κ1) is 17.9. The van der Waals surface area contributed by atoms with E-state index in [1.807, 2.05) is 0 Å². The van der Waals surface area contributed by atoms with Crippen molar-refractivity contribution in [2.45, 2.75) is 13.0 Å². The first-order chi connectivity index (χ1) is 12.4. The van der Waals surface area contributed by atoms with Gasteiger partial charge in [-0.15, -0.1) is 0 Å². The maximum Gasteiger partial charge on any atom is 0.387 e. The predicted octanol–water partition coefficient (Wildman–Crippen LogP) is 5.12. The summed E-state index contributed by atoms with van der Waals surface area (Å²) in [6.45, 7) is -3.01. The number of aromatic nitrogens is 3. The largest absolute Gasteiger partial charge is 0.432 e. The fraction of sp³-hybridized carbons (Fsp3) is 0.133. The standard InChI is InChI=1S/C15H8ClF4N3O3/c16-8-2-1-3-10(12(8)11-4-9(13(17)18)23-26-11)25-15-21-5-7(6-22-15)24-14(19)20/h1-6,13-14H. The summed E-state index contributed by atoms with van der Waals surface area (Å²) < 4.78 is 64.1. The fourth-order valence-electron chi connectivity index (χ4n) is 1.96. The van der Waals surface area contributed by atoms with Gasteiger partial charge >= 0.3 is 12.6 Å². The van der Waals surface area contributed by atoms with Crippen molar-refractivity contribution in [1.82, 2.24) is 15.1 Å². The van der Waals surface area contributed by atoms with Crippen molar-refractivity contribution in [1.29, 1.82) is 0 Å². The third kappa shape index (κ3) is 4.02. The van der Waals surface area contributed by atoms with Crippen LogP contribution in [0.5, 0.6) is 17.5 Å². The van der Waals surface area contributed by atoms with E-state index in [4.69, 9.17) is 20.9 Å². The van der Waals surface area contributed by atoms with Gasteiger partial charge in [0, 0.05) is 6.07 Å². The Morgan fingerprint density at radius 2 is 1.81 bits per heavy atom. The predicted molar refractivity (Wildman–Crippen MR) is 80.6 cm³/mol. The second-order valence-electron chi connectivity index (χ2n) is 4.71. The Kier molecular flexibility index (Phi) is 5.21. The molecule has 11 heteroatoms. The van der Waals surface area contributed by atoms with Gasteiger partial charge in [-0.05, 0) is 12.1 Å². The molecule has 3 rings (SSSR count). The summed E-state index contributed by atoms with van der Waals surface area (Å²) >= 11 is 6.10. The van der Waals surface area contributed by atoms with Crippen LogP contribution in [0.3, 0.4) is 0 Å². The number of benzene rings is 1. The average Bonchev–Trinajstić information content (AvgIpc) is 3.06. The van der Waals surface area contributed by atoms with Crippen LogP contribution in [0.4, 0.5) is 17.6 Å². The molecule has 0 saturated heterocycles. The van der Waals surface area contributed by atoms with Crippen LogP contribution in [-0.4, -0.2) is 21.7 Å². The molecule has 0 aliphatic rings. The molecule has 26 heavy (non-hydrogen) atoms. The lowest BCUT2D eigenvalue weighted by Gasteiger charge is -2.09. The van der Waals surface area contributed by atoms with Crippen LogP contribution in [0.2, 0.25) is 5.02 Å². The second kappa shape index (κ2) is 7.56. The molecule has 0 atom stereocenters. The zero-order chi connectivity index (χ0) is 18.7. The Balaban J connectivity index is 1.89. The van der Waals surface area contributed by atoms with Gasteiger partial charge in [0.2, 0.25) is 0 Å². The number of alkyl halides is 4. The molecule has 2 heterocycles. The van der Waals surface area contributed by atoms with Gasteiger partial charge in [-0.3, -0.25) is 0 Å². The van der Waals surface area contributed by atoms with Crippen molar-refractivity contribution in [3.8, 4) is 28.8 Å². The quantitative estimate of drug-likeness (QED) is 0.545. The summed E-state index contributed by atoms with van der Waals surface area (Å²) in [6, 6.07) is 5.33. The van der Waals surface area contributed by atoms with Crippen molar-refractivity contribution in [2.24, 2.45) is 0 Å². The SMILES string of the molecule is FC(F)Oc1cnc(Oc2cccc(Cl)c2-c2cc(C(F)F)no2)nc1. The van der Waals surface area contributed by atoms with Gasteiger partial charge < -0.3 is 14.0 Å². The van der Waals surface area contributed by atoms with E-state index in [0.717, 1.165) is 18.5 Å². The Labute approximate surface area is 148 Å². The van der Waals surface area contributed by atoms with Gasteiger partial charge in [-0.25, -0.2) is 8.78 Å². The molecule has 0 bridgehead atoms. The van der Waals surface area contributed by atoms with E-state index in [9.17, 15) is 17.6 Å². The molecule has 0 N–H and O–H groups in total. The summed E-state index contributed by atoms with van der Waals surface area (Å²) in [5.74, 6) is -0.203. The number of halogens is 5. The van der Waals surface area contributed by atoms with E-state index >= 15 is 0 Å². The van der Waals surface area contributed by atoms with Gasteiger partial charge in [0.1, 0.15) is 11.4 Å². The first-order valence-electron chi connectivity index (χ1n) is 6.92. The molecule has 6 nitrogen and oxygen atoms in total. The molecule has 0 unspecified atom stereocenters. The van der Waals surface area contributed by atoms with Gasteiger partial charge in [0.25, 0.3) is 6.43 Å². The smallest absolute Gasteiger partial charge is 0.387 e. The average molecular weight is 390 g/mol. The monoisotopic (exact) mass is 389 g/mol. The third-order valence-corrected chi connectivity index (χ3v) is 3.32. The summed E-state index contributed by atoms with van der Waals surface area (Å²) in [4.78, 5) is 7.45. The minimum Gasteiger partial charge on any atom is -0.432 e. The molecule has 3 aromatic rings. The number of hydrogen-bond donors (Lipinski definition) is 0. The molecule has 1 aromatic carbocycles. The minimum absolute atomic E-state index is 0.0430. The van der Waals surface area contributed by atoms with Gasteiger partial charge in [0.15, 0.2) is 11.5 Å². The van der Waals surface area contributed by atoms with Crippen LogP contribution in [0.15, 0.2) is 41.2 Å². The van der Waals surface area contributed by atoms with Crippen molar-refractivity contribution in [2.75, 3.05) is 0 Å². The van der Waals surface area contributed by atoms with E-state index in [1.54, 1.807) is 6.07 Å². The van der Waals surface area contributed by atoms with Crippen LogP contribution >= 0.6 is 11.6 Å². The molecule has 0 fully saturated rings. The highest BCUT2D eigenvalue weighted by Gasteiger charge is 2.20. The number of nitrogens with zero attached hydrogens (tertiary/aromatic N) is 3. The van der Waals surface area contributed by atoms with Crippen molar-refractivity contribution in [3.63, 3.8) is 0 Å². The lowest BCUT2D eigenvalue weighted by molar-refractivity contribution is -0.0503. The molecular weight excluding hydrogens is 382 g/mol. The summed E-state index contributed by atoms with van der Waals surface area (Å²) in [5, 5.41) is 3.41. The Morgan fingerprint density at radius 3 is 2.42 bits per heavy atom. The van der Waals surface area contributed by atoms with Crippen LogP contribution in [-0.2, 0) is 0 Å². The molecular formula is C15H8ClF4N3O3. The summed E-state index contributed by atoms with van der Waals surface area (Å²) in [6.07, 6.45) is -0.838. The van der Waals surface area contributed by atoms with Crippen molar-refractivity contribution >= 4 is 11.6 Å². The second-order valence-corrected chi connectivity index (χ2v) is 5.12. The van der Waals surface area contributed by atoms with E-state index in [2.05, 4.69) is 19.9 Å². The Hall–Kier alpha value is -2.88. The highest BCUT2D eigenvalue weighted by Crippen LogP contribution is 2.39. The molecule has 0 aliphatic heterocycles. The zero-order valence-corrected chi connectivity index (χ0v) is 13.3. The highest BCUT2D eigenvalue weighted by molar-refractivity contribution is 6.33. The molecule has 0 spiro atoms. The fourth-order valence-corrected chi connectivity index (χ4v) is 2.22. The molecule has 0 amide bonds. The normalized spacial score (nSPS) is 11.2. The molecule has 2 aromatic heterocycles. The molecule has 0 aliphatic carbocycles. The number of ether oxygens (including phenoxy) is 2. The van der Waals surface area contributed by atoms with E-state index in [-0.39, 0.29) is 33.9 Å². The van der Waals surface area contributed by atoms with Crippen molar-refractivity contribution in [3.05, 3.63) is 47.4 Å². The van der Waals surface area contributed by atoms with Crippen LogP contribution in [0.25, 0.3) is 11.3 Å². The Morgan fingerprint density at radius 1 is 1.08 bits per heavy atom. The maximum absolute atomic E-state index is 12.7. The maximum atomic E-state index is 12.7. The molecule has 0 radical (unpaired) electrons. The lowest BCUT2D eigenvalue weighted by atomic mass is 10.1. The van der Waals surface area contributed by atoms with Crippen LogP contribution in [0.1, 0.15) is 12.1 Å². The summed E-state index contributed by atoms with van der Waals surface area (Å²) in [5.41, 5.74) is -0.402. The lowest BCUT2D eigenvalue weighted by Crippen LogP contribution is -2.03. The number of rotatable bonds is 6. The third-order valence-electron chi connectivity index (χ3n) is 3.00. The zero-order valence-electron chi connectivity index (χ0n) is 12.6. The van der Waals surface area contributed by atoms with Crippen LogP contribution in [0, 0.1) is 0 Å². The van der Waals surface area contributed by atoms with Gasteiger partial charge in [-0.1, -0.05) is 22.8 Å². The van der Waals surface area contributed by atoms with E-state index < -0.39 is 18.7 Å². The van der Waals surface area contributed by atoms with E-state index in [1.165, 1.54) is 12.1 Å². The van der Waals surface area contributed by atoms with Gasteiger partial charge in [0.05, 0.1) is 23.0 Å². The highest BCUT2D eigenvalue weighted by atomic mass is 35.5. The molecule has 136 valence electrons. The van der Waals surface area contributed by atoms with E-state index in [0.29, 0.717) is 0 Å².